The maximum Gasteiger partial charge on any atom is 0.302 e. The molecule has 5 heteroatoms. The molecular formula is C16H14N2O3. The third-order valence-electron chi connectivity index (χ3n) is 2.90. The number of carbonyl (C=O) groups is 1. The van der Waals surface area contributed by atoms with E-state index in [1.807, 2.05) is 43.3 Å². The van der Waals surface area contributed by atoms with Crippen LogP contribution in [0, 0.1) is 6.92 Å². The average molecular weight is 282 g/mol. The van der Waals surface area contributed by atoms with Gasteiger partial charge in [0.15, 0.2) is 12.2 Å². The van der Waals surface area contributed by atoms with Crippen molar-refractivity contribution in [3.05, 3.63) is 54.1 Å². The van der Waals surface area contributed by atoms with Gasteiger partial charge in [0.2, 0.25) is 0 Å². The highest BCUT2D eigenvalue weighted by Crippen LogP contribution is 2.18. The van der Waals surface area contributed by atoms with Gasteiger partial charge in [0.25, 0.3) is 5.91 Å². The molecule has 1 heterocycles. The molecule has 0 saturated carbocycles. The molecule has 0 aliphatic heterocycles. The van der Waals surface area contributed by atoms with Crippen LogP contribution < -0.4 is 10.1 Å². The minimum absolute atomic E-state index is 0.0951. The Kier molecular flexibility index (Phi) is 3.55. The smallest absolute Gasteiger partial charge is 0.302 e. The quantitative estimate of drug-likeness (QED) is 0.798. The van der Waals surface area contributed by atoms with E-state index >= 15 is 0 Å². The number of hydrogen-bond acceptors (Lipinski definition) is 4. The predicted molar refractivity (Wildman–Crippen MR) is 79.3 cm³/mol. The van der Waals surface area contributed by atoms with Crippen molar-refractivity contribution >= 4 is 23.0 Å². The molecule has 2 aromatic carbocycles. The Balaban J connectivity index is 1.61. The number of ether oxygens (including phenoxy) is 1. The fraction of sp³-hybridized carbons (Fsp3) is 0.125. The monoisotopic (exact) mass is 282 g/mol. The van der Waals surface area contributed by atoms with Gasteiger partial charge in [0, 0.05) is 0 Å². The molecule has 0 radical (unpaired) electrons. The first kappa shape index (κ1) is 13.2. The van der Waals surface area contributed by atoms with Crippen LogP contribution in [0.5, 0.6) is 5.75 Å². The van der Waals surface area contributed by atoms with E-state index in [1.165, 1.54) is 0 Å². The molecular weight excluding hydrogens is 268 g/mol. The molecule has 1 amide bonds. The SMILES string of the molecule is Cc1cccc(OCC(=O)Nc2nc3ccccc3o2)c1. The zero-order valence-corrected chi connectivity index (χ0v) is 11.5. The second kappa shape index (κ2) is 5.66. The van der Waals surface area contributed by atoms with Gasteiger partial charge in [-0.2, -0.15) is 4.98 Å². The van der Waals surface area contributed by atoms with Crippen LogP contribution in [0.25, 0.3) is 11.1 Å². The highest BCUT2D eigenvalue weighted by Gasteiger charge is 2.09. The first-order valence-electron chi connectivity index (χ1n) is 6.55. The van der Waals surface area contributed by atoms with Gasteiger partial charge < -0.3 is 9.15 Å². The summed E-state index contributed by atoms with van der Waals surface area (Å²) < 4.78 is 10.8. The number of benzene rings is 2. The van der Waals surface area contributed by atoms with Gasteiger partial charge in [0.1, 0.15) is 11.3 Å². The Labute approximate surface area is 121 Å². The van der Waals surface area contributed by atoms with E-state index < -0.39 is 0 Å². The van der Waals surface area contributed by atoms with Gasteiger partial charge in [-0.15, -0.1) is 0 Å². The number of para-hydroxylation sites is 2. The van der Waals surface area contributed by atoms with Crippen LogP contribution in [-0.4, -0.2) is 17.5 Å². The number of nitrogens with zero attached hydrogens (tertiary/aromatic N) is 1. The summed E-state index contributed by atoms with van der Waals surface area (Å²) in [7, 11) is 0. The fourth-order valence-electron chi connectivity index (χ4n) is 1.94. The molecule has 21 heavy (non-hydrogen) atoms. The van der Waals surface area contributed by atoms with Crippen molar-refractivity contribution in [2.45, 2.75) is 6.92 Å². The zero-order valence-electron chi connectivity index (χ0n) is 11.5. The van der Waals surface area contributed by atoms with E-state index in [0.29, 0.717) is 16.8 Å². The summed E-state index contributed by atoms with van der Waals surface area (Å²) in [5.74, 6) is 0.339. The molecule has 0 aliphatic rings. The molecule has 0 saturated heterocycles. The Morgan fingerprint density at radius 2 is 2.10 bits per heavy atom. The third kappa shape index (κ3) is 3.20. The Morgan fingerprint density at radius 3 is 2.90 bits per heavy atom. The second-order valence-electron chi connectivity index (χ2n) is 4.64. The van der Waals surface area contributed by atoms with Crippen molar-refractivity contribution in [2.75, 3.05) is 11.9 Å². The summed E-state index contributed by atoms with van der Waals surface area (Å²) in [5, 5.41) is 2.57. The van der Waals surface area contributed by atoms with Gasteiger partial charge in [-0.1, -0.05) is 24.3 Å². The van der Waals surface area contributed by atoms with E-state index in [2.05, 4.69) is 10.3 Å². The van der Waals surface area contributed by atoms with Gasteiger partial charge in [-0.3, -0.25) is 10.1 Å². The van der Waals surface area contributed by atoms with Crippen molar-refractivity contribution in [1.29, 1.82) is 0 Å². The minimum atomic E-state index is -0.317. The van der Waals surface area contributed by atoms with E-state index in [-0.39, 0.29) is 18.5 Å². The van der Waals surface area contributed by atoms with Gasteiger partial charge in [0.05, 0.1) is 0 Å². The summed E-state index contributed by atoms with van der Waals surface area (Å²) in [6, 6.07) is 15.0. The largest absolute Gasteiger partial charge is 0.484 e. The Bertz CT molecular complexity index is 747. The van der Waals surface area contributed by atoms with Gasteiger partial charge >= 0.3 is 6.01 Å². The molecule has 0 bridgehead atoms. The molecule has 0 unspecified atom stereocenters. The first-order valence-corrected chi connectivity index (χ1v) is 6.55. The summed E-state index contributed by atoms with van der Waals surface area (Å²) >= 11 is 0. The summed E-state index contributed by atoms with van der Waals surface area (Å²) in [6.07, 6.45) is 0. The molecule has 5 nitrogen and oxygen atoms in total. The van der Waals surface area contributed by atoms with Crippen molar-refractivity contribution in [3.8, 4) is 5.75 Å². The number of oxazole rings is 1. The molecule has 3 aromatic rings. The van der Waals surface area contributed by atoms with Crippen LogP contribution in [0.15, 0.2) is 52.9 Å². The lowest BCUT2D eigenvalue weighted by Crippen LogP contribution is -2.20. The molecule has 3 rings (SSSR count). The highest BCUT2D eigenvalue weighted by atomic mass is 16.5. The zero-order chi connectivity index (χ0) is 14.7. The highest BCUT2D eigenvalue weighted by molar-refractivity contribution is 5.91. The van der Waals surface area contributed by atoms with E-state index in [4.69, 9.17) is 9.15 Å². The van der Waals surface area contributed by atoms with Gasteiger partial charge in [-0.05, 0) is 36.8 Å². The van der Waals surface area contributed by atoms with E-state index in [1.54, 1.807) is 12.1 Å². The fourth-order valence-corrected chi connectivity index (χ4v) is 1.94. The van der Waals surface area contributed by atoms with Crippen LogP contribution in [0.3, 0.4) is 0 Å². The first-order chi connectivity index (χ1) is 10.2. The third-order valence-corrected chi connectivity index (χ3v) is 2.90. The molecule has 0 fully saturated rings. The van der Waals surface area contributed by atoms with Crippen LogP contribution in [0.1, 0.15) is 5.56 Å². The van der Waals surface area contributed by atoms with Crippen molar-refractivity contribution in [3.63, 3.8) is 0 Å². The summed E-state index contributed by atoms with van der Waals surface area (Å²) in [5.41, 5.74) is 2.41. The van der Waals surface area contributed by atoms with Crippen LogP contribution in [0.4, 0.5) is 6.01 Å². The number of anilines is 1. The number of rotatable bonds is 4. The van der Waals surface area contributed by atoms with Crippen LogP contribution >= 0.6 is 0 Å². The lowest BCUT2D eigenvalue weighted by molar-refractivity contribution is -0.118. The molecule has 106 valence electrons. The van der Waals surface area contributed by atoms with Gasteiger partial charge in [-0.25, -0.2) is 0 Å². The maximum atomic E-state index is 11.8. The van der Waals surface area contributed by atoms with Crippen molar-refractivity contribution in [1.82, 2.24) is 4.98 Å². The lowest BCUT2D eigenvalue weighted by Gasteiger charge is -2.05. The second-order valence-corrected chi connectivity index (χ2v) is 4.64. The molecule has 0 aliphatic carbocycles. The standard InChI is InChI=1S/C16H14N2O3/c1-11-5-4-6-12(9-11)20-10-15(19)18-16-17-13-7-2-3-8-14(13)21-16/h2-9H,10H2,1H3,(H,17,18,19). The van der Waals surface area contributed by atoms with E-state index in [9.17, 15) is 4.79 Å². The average Bonchev–Trinajstić information content (AvgIpc) is 2.87. The summed E-state index contributed by atoms with van der Waals surface area (Å²) in [4.78, 5) is 16.0. The number of nitrogens with one attached hydrogen (secondary N) is 1. The number of aromatic nitrogens is 1. The predicted octanol–water partition coefficient (Wildman–Crippen LogP) is 3.15. The summed E-state index contributed by atoms with van der Waals surface area (Å²) in [6.45, 7) is 1.87. The number of hydrogen-bond donors (Lipinski definition) is 1. The molecule has 0 atom stereocenters. The maximum absolute atomic E-state index is 11.8. The lowest BCUT2D eigenvalue weighted by atomic mass is 10.2. The molecule has 1 N–H and O–H groups in total. The number of carbonyl (C=O) groups excluding carboxylic acids is 1. The number of fused-ring (bicyclic) bond motifs is 1. The van der Waals surface area contributed by atoms with Crippen molar-refractivity contribution in [2.24, 2.45) is 0 Å². The van der Waals surface area contributed by atoms with Crippen LogP contribution in [0.2, 0.25) is 0 Å². The van der Waals surface area contributed by atoms with E-state index in [0.717, 1.165) is 5.56 Å². The van der Waals surface area contributed by atoms with Crippen molar-refractivity contribution < 1.29 is 13.9 Å². The Morgan fingerprint density at radius 1 is 1.24 bits per heavy atom. The number of aryl methyl sites for hydroxylation is 1. The molecule has 1 aromatic heterocycles. The number of amides is 1. The normalized spacial score (nSPS) is 10.5. The minimum Gasteiger partial charge on any atom is -0.484 e. The topological polar surface area (TPSA) is 64.4 Å². The Hall–Kier alpha value is -2.82. The molecule has 0 spiro atoms. The van der Waals surface area contributed by atoms with Crippen LogP contribution in [-0.2, 0) is 4.79 Å².